The third kappa shape index (κ3) is 4.45. The largest absolute Gasteiger partial charge is 0.481 e. The van der Waals surface area contributed by atoms with E-state index in [0.717, 1.165) is 11.3 Å². The molecular formula is C17H18ClN3O3. The minimum absolute atomic E-state index is 0.136. The lowest BCUT2D eigenvalue weighted by molar-refractivity contribution is -0.136. The number of nitrogens with one attached hydrogen (secondary N) is 2. The number of rotatable bonds is 4. The molecule has 0 atom stereocenters. The van der Waals surface area contributed by atoms with Gasteiger partial charge in [-0.05, 0) is 37.6 Å². The van der Waals surface area contributed by atoms with Gasteiger partial charge in [-0.3, -0.25) is 9.59 Å². The number of methoxy groups -OCH3 is 1. The van der Waals surface area contributed by atoms with Gasteiger partial charge < -0.3 is 15.4 Å². The molecule has 1 aromatic carbocycles. The van der Waals surface area contributed by atoms with Crippen LogP contribution in [0.4, 0.5) is 5.69 Å². The Bertz CT molecular complexity index is 778. The Labute approximate surface area is 145 Å². The van der Waals surface area contributed by atoms with Crippen LogP contribution in [0.1, 0.15) is 16.8 Å². The highest BCUT2D eigenvalue weighted by molar-refractivity contribution is 6.39. The van der Waals surface area contributed by atoms with E-state index in [1.165, 1.54) is 7.11 Å². The highest BCUT2D eigenvalue weighted by Crippen LogP contribution is 2.20. The molecule has 24 heavy (non-hydrogen) atoms. The molecule has 2 amide bonds. The van der Waals surface area contributed by atoms with Crippen molar-refractivity contribution in [3.8, 4) is 5.88 Å². The lowest BCUT2D eigenvalue weighted by atomic mass is 10.2. The zero-order valence-electron chi connectivity index (χ0n) is 13.6. The normalized spacial score (nSPS) is 10.2. The molecule has 0 bridgehead atoms. The highest BCUT2D eigenvalue weighted by atomic mass is 35.5. The Kier molecular flexibility index (Phi) is 5.76. The lowest BCUT2D eigenvalue weighted by Crippen LogP contribution is -2.35. The van der Waals surface area contributed by atoms with Crippen LogP contribution >= 0.6 is 11.6 Å². The van der Waals surface area contributed by atoms with Crippen LogP contribution in [-0.4, -0.2) is 23.9 Å². The quantitative estimate of drug-likeness (QED) is 0.833. The molecule has 0 fully saturated rings. The number of aromatic nitrogens is 1. The molecular weight excluding hydrogens is 330 g/mol. The second-order valence-electron chi connectivity index (χ2n) is 5.22. The van der Waals surface area contributed by atoms with Gasteiger partial charge in [0.05, 0.1) is 7.11 Å². The summed E-state index contributed by atoms with van der Waals surface area (Å²) in [7, 11) is 1.50. The first-order valence-corrected chi connectivity index (χ1v) is 7.64. The number of hydrogen-bond donors (Lipinski definition) is 2. The van der Waals surface area contributed by atoms with Gasteiger partial charge >= 0.3 is 11.8 Å². The van der Waals surface area contributed by atoms with Crippen molar-refractivity contribution < 1.29 is 14.3 Å². The maximum absolute atomic E-state index is 11.9. The van der Waals surface area contributed by atoms with Crippen LogP contribution in [-0.2, 0) is 16.1 Å². The number of carbonyl (C=O) groups excluding carboxylic acids is 2. The summed E-state index contributed by atoms with van der Waals surface area (Å²) < 4.78 is 5.16. The van der Waals surface area contributed by atoms with E-state index in [-0.39, 0.29) is 6.54 Å². The van der Waals surface area contributed by atoms with E-state index in [0.29, 0.717) is 22.2 Å². The minimum Gasteiger partial charge on any atom is -0.481 e. The van der Waals surface area contributed by atoms with Crippen molar-refractivity contribution in [2.75, 3.05) is 12.4 Å². The van der Waals surface area contributed by atoms with E-state index in [1.807, 2.05) is 13.8 Å². The summed E-state index contributed by atoms with van der Waals surface area (Å²) in [5, 5.41) is 5.55. The Balaban J connectivity index is 1.97. The molecule has 6 nitrogen and oxygen atoms in total. The Morgan fingerprint density at radius 2 is 1.92 bits per heavy atom. The first-order valence-electron chi connectivity index (χ1n) is 7.26. The van der Waals surface area contributed by atoms with Crippen molar-refractivity contribution in [2.45, 2.75) is 20.4 Å². The SMILES string of the molecule is COc1nc(C)ccc1CNC(=O)C(=O)Nc1ccc(C)c(Cl)c1. The lowest BCUT2D eigenvalue weighted by Gasteiger charge is -2.10. The van der Waals surface area contributed by atoms with Gasteiger partial charge in [-0.1, -0.05) is 23.7 Å². The summed E-state index contributed by atoms with van der Waals surface area (Å²) in [6, 6.07) is 8.63. The van der Waals surface area contributed by atoms with E-state index in [4.69, 9.17) is 16.3 Å². The van der Waals surface area contributed by atoms with Gasteiger partial charge in [0.15, 0.2) is 0 Å². The first kappa shape index (κ1) is 17.7. The zero-order valence-corrected chi connectivity index (χ0v) is 14.4. The molecule has 0 unspecified atom stereocenters. The Morgan fingerprint density at radius 3 is 2.58 bits per heavy atom. The summed E-state index contributed by atoms with van der Waals surface area (Å²) >= 11 is 5.99. The number of pyridine rings is 1. The summed E-state index contributed by atoms with van der Waals surface area (Å²) in [6.45, 7) is 3.83. The maximum Gasteiger partial charge on any atom is 0.313 e. The van der Waals surface area contributed by atoms with Crippen molar-refractivity contribution in [3.63, 3.8) is 0 Å². The number of aryl methyl sites for hydroxylation is 2. The Hall–Kier alpha value is -2.60. The molecule has 2 N–H and O–H groups in total. The second kappa shape index (κ2) is 7.79. The topological polar surface area (TPSA) is 80.3 Å². The average molecular weight is 348 g/mol. The number of nitrogens with zero attached hydrogens (tertiary/aromatic N) is 1. The molecule has 0 spiro atoms. The van der Waals surface area contributed by atoms with E-state index in [2.05, 4.69) is 15.6 Å². The molecule has 126 valence electrons. The average Bonchev–Trinajstić information content (AvgIpc) is 2.56. The van der Waals surface area contributed by atoms with Crippen molar-refractivity contribution in [3.05, 3.63) is 52.2 Å². The van der Waals surface area contributed by atoms with E-state index < -0.39 is 11.8 Å². The van der Waals surface area contributed by atoms with Gasteiger partial charge in [0.2, 0.25) is 5.88 Å². The van der Waals surface area contributed by atoms with Gasteiger partial charge in [0.1, 0.15) is 0 Å². The minimum atomic E-state index is -0.769. The molecule has 7 heteroatoms. The van der Waals surface area contributed by atoms with Crippen molar-refractivity contribution >= 4 is 29.1 Å². The number of anilines is 1. The van der Waals surface area contributed by atoms with Crippen molar-refractivity contribution in [1.82, 2.24) is 10.3 Å². The van der Waals surface area contributed by atoms with E-state index >= 15 is 0 Å². The zero-order chi connectivity index (χ0) is 17.7. The predicted molar refractivity (Wildman–Crippen MR) is 92.2 cm³/mol. The van der Waals surface area contributed by atoms with Crippen LogP contribution in [0.5, 0.6) is 5.88 Å². The molecule has 2 rings (SSSR count). The molecule has 0 saturated heterocycles. The van der Waals surface area contributed by atoms with Crippen LogP contribution in [0.25, 0.3) is 0 Å². The summed E-state index contributed by atoms with van der Waals surface area (Å²) in [4.78, 5) is 28.1. The van der Waals surface area contributed by atoms with Crippen molar-refractivity contribution in [2.24, 2.45) is 0 Å². The number of amides is 2. The number of ether oxygens (including phenoxy) is 1. The summed E-state index contributed by atoms with van der Waals surface area (Å²) in [5.41, 5.74) is 2.83. The molecule has 0 saturated carbocycles. The fourth-order valence-electron chi connectivity index (χ4n) is 1.99. The second-order valence-corrected chi connectivity index (χ2v) is 5.63. The van der Waals surface area contributed by atoms with E-state index in [9.17, 15) is 9.59 Å². The standard InChI is InChI=1S/C17H18ClN3O3/c1-10-4-7-13(8-14(10)18)21-16(23)15(22)19-9-12-6-5-11(2)20-17(12)24-3/h4-8H,9H2,1-3H3,(H,19,22)(H,21,23). The molecule has 0 aliphatic heterocycles. The van der Waals surface area contributed by atoms with Crippen LogP contribution in [0, 0.1) is 13.8 Å². The van der Waals surface area contributed by atoms with Crippen molar-refractivity contribution in [1.29, 1.82) is 0 Å². The molecule has 0 aliphatic carbocycles. The molecule has 1 heterocycles. The van der Waals surface area contributed by atoms with Gasteiger partial charge in [-0.2, -0.15) is 0 Å². The third-order valence-electron chi connectivity index (χ3n) is 3.35. The van der Waals surface area contributed by atoms with Crippen LogP contribution < -0.4 is 15.4 Å². The summed E-state index contributed by atoms with van der Waals surface area (Å²) in [6.07, 6.45) is 0. The number of halogens is 1. The fraction of sp³-hybridized carbons (Fsp3) is 0.235. The molecule has 0 aliphatic rings. The molecule has 0 radical (unpaired) electrons. The fourth-order valence-corrected chi connectivity index (χ4v) is 2.17. The summed E-state index contributed by atoms with van der Waals surface area (Å²) in [5.74, 6) is -1.11. The smallest absolute Gasteiger partial charge is 0.313 e. The molecule has 2 aromatic rings. The number of hydrogen-bond acceptors (Lipinski definition) is 4. The third-order valence-corrected chi connectivity index (χ3v) is 3.75. The van der Waals surface area contributed by atoms with Gasteiger partial charge in [0.25, 0.3) is 0 Å². The van der Waals surface area contributed by atoms with Crippen LogP contribution in [0.15, 0.2) is 30.3 Å². The first-order chi connectivity index (χ1) is 11.4. The Morgan fingerprint density at radius 1 is 1.17 bits per heavy atom. The van der Waals surface area contributed by atoms with Crippen LogP contribution in [0.3, 0.4) is 0 Å². The van der Waals surface area contributed by atoms with Gasteiger partial charge in [-0.15, -0.1) is 0 Å². The predicted octanol–water partition coefficient (Wildman–Crippen LogP) is 2.62. The molecule has 1 aromatic heterocycles. The highest BCUT2D eigenvalue weighted by Gasteiger charge is 2.15. The number of benzene rings is 1. The number of carbonyl (C=O) groups is 2. The van der Waals surface area contributed by atoms with Gasteiger partial charge in [-0.25, -0.2) is 4.98 Å². The maximum atomic E-state index is 11.9. The van der Waals surface area contributed by atoms with E-state index in [1.54, 1.807) is 30.3 Å². The monoisotopic (exact) mass is 347 g/mol. The van der Waals surface area contributed by atoms with Crippen LogP contribution in [0.2, 0.25) is 5.02 Å². The van der Waals surface area contributed by atoms with Gasteiger partial charge in [0, 0.05) is 28.5 Å².